The molecule has 66 valence electrons. The van der Waals surface area contributed by atoms with Gasteiger partial charge in [0, 0.05) is 17.5 Å². The average molecular weight is 181 g/mol. The lowest BCUT2D eigenvalue weighted by molar-refractivity contribution is -0.387. The minimum absolute atomic E-state index is 0.308. The Balaban J connectivity index is 2.76. The number of halogens is 1. The molecule has 1 heterocycles. The van der Waals surface area contributed by atoms with Gasteiger partial charge in [0.2, 0.25) is 5.82 Å². The monoisotopic (exact) mass is 181 g/mol. The lowest BCUT2D eigenvalue weighted by atomic mass is 10.2. The van der Waals surface area contributed by atoms with E-state index in [9.17, 15) is 14.5 Å². The van der Waals surface area contributed by atoms with Gasteiger partial charge in [0.1, 0.15) is 5.58 Å². The van der Waals surface area contributed by atoms with Crippen LogP contribution in [0.4, 0.5) is 10.1 Å². The zero-order valence-electron chi connectivity index (χ0n) is 6.36. The summed E-state index contributed by atoms with van der Waals surface area (Å²) in [5.74, 6) is -0.882. The van der Waals surface area contributed by atoms with Gasteiger partial charge in [-0.15, -0.1) is 0 Å². The van der Waals surface area contributed by atoms with Crippen molar-refractivity contribution in [2.45, 2.75) is 0 Å². The second kappa shape index (κ2) is 2.55. The average Bonchev–Trinajstić information content (AvgIpc) is 2.48. The highest BCUT2D eigenvalue weighted by Gasteiger charge is 2.15. The quantitative estimate of drug-likeness (QED) is 0.501. The van der Waals surface area contributed by atoms with E-state index in [0.717, 1.165) is 12.1 Å². The summed E-state index contributed by atoms with van der Waals surface area (Å²) in [4.78, 5) is 9.56. The van der Waals surface area contributed by atoms with E-state index in [2.05, 4.69) is 0 Å². The molecule has 0 spiro atoms. The van der Waals surface area contributed by atoms with Gasteiger partial charge in [-0.2, -0.15) is 4.39 Å². The Hall–Kier alpha value is -1.91. The number of benzene rings is 1. The third kappa shape index (κ3) is 1.14. The fourth-order valence-corrected chi connectivity index (χ4v) is 1.11. The molecule has 0 saturated heterocycles. The topological polar surface area (TPSA) is 56.3 Å². The number of hydrogen-bond donors (Lipinski definition) is 0. The second-order valence-corrected chi connectivity index (χ2v) is 2.52. The zero-order chi connectivity index (χ0) is 9.42. The van der Waals surface area contributed by atoms with Gasteiger partial charge in [-0.3, -0.25) is 10.1 Å². The minimum Gasteiger partial charge on any atom is -0.464 e. The van der Waals surface area contributed by atoms with E-state index >= 15 is 0 Å². The first kappa shape index (κ1) is 7.72. The standard InChI is InChI=1S/C8H4FNO3/c9-6-4-8-5(1-2-13-8)3-7(6)10(11)12/h1-4H. The van der Waals surface area contributed by atoms with Crippen molar-refractivity contribution in [3.05, 3.63) is 40.4 Å². The summed E-state index contributed by atoms with van der Waals surface area (Å²) in [5, 5.41) is 10.8. The molecule has 1 aromatic carbocycles. The summed E-state index contributed by atoms with van der Waals surface area (Å²) in [6.07, 6.45) is 1.35. The predicted octanol–water partition coefficient (Wildman–Crippen LogP) is 2.48. The molecule has 0 atom stereocenters. The Bertz CT molecular complexity index is 477. The summed E-state index contributed by atoms with van der Waals surface area (Å²) in [5.41, 5.74) is -0.225. The number of nitro benzene ring substituents is 1. The van der Waals surface area contributed by atoms with Crippen LogP contribution in [-0.2, 0) is 0 Å². The molecule has 13 heavy (non-hydrogen) atoms. The molecule has 0 aliphatic heterocycles. The Morgan fingerprint density at radius 3 is 2.92 bits per heavy atom. The van der Waals surface area contributed by atoms with Gasteiger partial charge in [0.05, 0.1) is 11.2 Å². The van der Waals surface area contributed by atoms with Crippen LogP contribution in [0.5, 0.6) is 0 Å². The van der Waals surface area contributed by atoms with Crippen LogP contribution in [0.15, 0.2) is 28.9 Å². The maximum atomic E-state index is 12.9. The molecule has 0 N–H and O–H groups in total. The molecular weight excluding hydrogens is 177 g/mol. The van der Waals surface area contributed by atoms with E-state index in [1.165, 1.54) is 6.26 Å². The van der Waals surface area contributed by atoms with Gasteiger partial charge in [-0.05, 0) is 6.07 Å². The highest BCUT2D eigenvalue weighted by Crippen LogP contribution is 2.24. The lowest BCUT2D eigenvalue weighted by Gasteiger charge is -1.92. The smallest absolute Gasteiger partial charge is 0.305 e. The van der Waals surface area contributed by atoms with Crippen LogP contribution in [0, 0.1) is 15.9 Å². The second-order valence-electron chi connectivity index (χ2n) is 2.52. The maximum Gasteiger partial charge on any atom is 0.305 e. The Morgan fingerprint density at radius 1 is 1.46 bits per heavy atom. The first-order valence-corrected chi connectivity index (χ1v) is 3.49. The van der Waals surface area contributed by atoms with Gasteiger partial charge >= 0.3 is 5.69 Å². The third-order valence-electron chi connectivity index (χ3n) is 1.72. The highest BCUT2D eigenvalue weighted by molar-refractivity contribution is 5.79. The lowest BCUT2D eigenvalue weighted by Crippen LogP contribution is -1.91. The van der Waals surface area contributed by atoms with E-state index in [1.807, 2.05) is 0 Å². The Labute approximate surface area is 71.7 Å². The molecular formula is C8H4FNO3. The van der Waals surface area contributed by atoms with Crippen LogP contribution in [0.2, 0.25) is 0 Å². The number of rotatable bonds is 1. The largest absolute Gasteiger partial charge is 0.464 e. The molecule has 0 radical (unpaired) electrons. The number of nitro groups is 1. The molecule has 4 nitrogen and oxygen atoms in total. The van der Waals surface area contributed by atoms with Crippen molar-refractivity contribution in [2.24, 2.45) is 0 Å². The van der Waals surface area contributed by atoms with Crippen molar-refractivity contribution < 1.29 is 13.7 Å². The zero-order valence-corrected chi connectivity index (χ0v) is 6.36. The molecule has 5 heteroatoms. The SMILES string of the molecule is O=[N+]([O-])c1cc2ccoc2cc1F. The summed E-state index contributed by atoms with van der Waals surface area (Å²) < 4.78 is 17.8. The van der Waals surface area contributed by atoms with Crippen LogP contribution in [0.3, 0.4) is 0 Å². The molecule has 0 amide bonds. The van der Waals surface area contributed by atoms with Crippen LogP contribution in [-0.4, -0.2) is 4.92 Å². The molecule has 2 rings (SSSR count). The normalized spacial score (nSPS) is 10.5. The summed E-state index contributed by atoms with van der Waals surface area (Å²) >= 11 is 0. The number of hydrogen-bond acceptors (Lipinski definition) is 3. The van der Waals surface area contributed by atoms with Crippen LogP contribution in [0.25, 0.3) is 11.0 Å². The highest BCUT2D eigenvalue weighted by atomic mass is 19.1. The number of fused-ring (bicyclic) bond motifs is 1. The molecule has 0 aliphatic rings. The number of furan rings is 1. The van der Waals surface area contributed by atoms with Crippen molar-refractivity contribution >= 4 is 16.7 Å². The van der Waals surface area contributed by atoms with Gasteiger partial charge in [0.25, 0.3) is 0 Å². The van der Waals surface area contributed by atoms with E-state index in [0.29, 0.717) is 11.0 Å². The van der Waals surface area contributed by atoms with Crippen LogP contribution in [0.1, 0.15) is 0 Å². The first-order valence-electron chi connectivity index (χ1n) is 3.49. The Morgan fingerprint density at radius 2 is 2.23 bits per heavy atom. The molecule has 0 unspecified atom stereocenters. The van der Waals surface area contributed by atoms with Crippen molar-refractivity contribution in [3.8, 4) is 0 Å². The summed E-state index contributed by atoms with van der Waals surface area (Å²) in [6.45, 7) is 0. The van der Waals surface area contributed by atoms with Gasteiger partial charge in [0.15, 0.2) is 0 Å². The van der Waals surface area contributed by atoms with Crippen LogP contribution < -0.4 is 0 Å². The van der Waals surface area contributed by atoms with Gasteiger partial charge in [-0.25, -0.2) is 0 Å². The summed E-state index contributed by atoms with van der Waals surface area (Å²) in [7, 11) is 0. The van der Waals surface area contributed by atoms with Crippen molar-refractivity contribution in [2.75, 3.05) is 0 Å². The fraction of sp³-hybridized carbons (Fsp3) is 0. The van der Waals surface area contributed by atoms with E-state index < -0.39 is 16.4 Å². The molecule has 1 aromatic heterocycles. The third-order valence-corrected chi connectivity index (χ3v) is 1.72. The maximum absolute atomic E-state index is 12.9. The van der Waals surface area contributed by atoms with E-state index in [1.54, 1.807) is 6.07 Å². The summed E-state index contributed by atoms with van der Waals surface area (Å²) in [6, 6.07) is 3.70. The first-order chi connectivity index (χ1) is 6.18. The van der Waals surface area contributed by atoms with Gasteiger partial charge in [-0.1, -0.05) is 0 Å². The molecule has 2 aromatic rings. The van der Waals surface area contributed by atoms with Crippen molar-refractivity contribution in [1.82, 2.24) is 0 Å². The van der Waals surface area contributed by atoms with E-state index in [4.69, 9.17) is 4.42 Å². The van der Waals surface area contributed by atoms with Gasteiger partial charge < -0.3 is 4.42 Å². The number of nitrogens with zero attached hydrogens (tertiary/aromatic N) is 1. The van der Waals surface area contributed by atoms with Crippen molar-refractivity contribution in [1.29, 1.82) is 0 Å². The Kier molecular flexibility index (Phi) is 1.51. The van der Waals surface area contributed by atoms with E-state index in [-0.39, 0.29) is 0 Å². The van der Waals surface area contributed by atoms with Crippen molar-refractivity contribution in [3.63, 3.8) is 0 Å². The fourth-order valence-electron chi connectivity index (χ4n) is 1.11. The molecule has 0 saturated carbocycles. The molecule has 0 bridgehead atoms. The molecule has 0 aliphatic carbocycles. The predicted molar refractivity (Wildman–Crippen MR) is 42.8 cm³/mol. The molecule has 0 fully saturated rings. The minimum atomic E-state index is -0.882. The van der Waals surface area contributed by atoms with Crippen LogP contribution >= 0.6 is 0 Å².